The molecule has 1 atom stereocenters. The molecule has 0 amide bonds. The molecule has 4 nitrogen and oxygen atoms in total. The van der Waals surface area contributed by atoms with E-state index in [4.69, 9.17) is 14.2 Å². The second-order valence-electron chi connectivity index (χ2n) is 5.06. The summed E-state index contributed by atoms with van der Waals surface area (Å²) in [6.07, 6.45) is -0.242. The van der Waals surface area contributed by atoms with Gasteiger partial charge in [-0.25, -0.2) is 4.79 Å². The number of rotatable bonds is 9. The fourth-order valence-electron chi connectivity index (χ4n) is 2.16. The van der Waals surface area contributed by atoms with E-state index in [9.17, 15) is 4.79 Å². The van der Waals surface area contributed by atoms with Crippen molar-refractivity contribution in [3.8, 4) is 11.5 Å². The number of ether oxygens (including phenoxy) is 3. The lowest BCUT2D eigenvalue weighted by Gasteiger charge is -2.18. The van der Waals surface area contributed by atoms with Gasteiger partial charge in [0.1, 0.15) is 11.5 Å². The van der Waals surface area contributed by atoms with Crippen molar-refractivity contribution in [1.82, 2.24) is 0 Å². The van der Waals surface area contributed by atoms with Crippen LogP contribution < -0.4 is 9.47 Å². The van der Waals surface area contributed by atoms with E-state index in [0.717, 1.165) is 16.6 Å². The van der Waals surface area contributed by atoms with Gasteiger partial charge in [-0.1, -0.05) is 46.3 Å². The Hall–Kier alpha value is -2.01. The van der Waals surface area contributed by atoms with E-state index in [0.29, 0.717) is 25.4 Å². The zero-order valence-corrected chi connectivity index (χ0v) is 15.2. The Balaban J connectivity index is 2.05. The molecule has 5 heteroatoms. The number of carbonyl (C=O) groups excluding carboxylic acids is 1. The normalized spacial score (nSPS) is 11.6. The van der Waals surface area contributed by atoms with E-state index in [1.807, 2.05) is 54.6 Å². The van der Waals surface area contributed by atoms with Crippen LogP contribution in [0.5, 0.6) is 11.5 Å². The predicted octanol–water partition coefficient (Wildman–Crippen LogP) is 4.01. The van der Waals surface area contributed by atoms with Gasteiger partial charge in [-0.15, -0.1) is 0 Å². The summed E-state index contributed by atoms with van der Waals surface area (Å²) in [4.78, 5) is 12.2. The monoisotopic (exact) mass is 392 g/mol. The predicted molar refractivity (Wildman–Crippen MR) is 96.9 cm³/mol. The van der Waals surface area contributed by atoms with E-state index >= 15 is 0 Å². The van der Waals surface area contributed by atoms with Gasteiger partial charge >= 0.3 is 5.97 Å². The highest BCUT2D eigenvalue weighted by Gasteiger charge is 2.22. The van der Waals surface area contributed by atoms with E-state index in [2.05, 4.69) is 15.9 Å². The number of hydrogen-bond donors (Lipinski definition) is 0. The van der Waals surface area contributed by atoms with E-state index in [-0.39, 0.29) is 5.97 Å². The van der Waals surface area contributed by atoms with E-state index < -0.39 is 6.10 Å². The van der Waals surface area contributed by atoms with Crippen LogP contribution >= 0.6 is 15.9 Å². The molecule has 0 aliphatic rings. The minimum Gasteiger partial charge on any atom is -0.493 e. The van der Waals surface area contributed by atoms with Crippen molar-refractivity contribution in [3.05, 3.63) is 60.2 Å². The highest BCUT2D eigenvalue weighted by molar-refractivity contribution is 9.09. The average molecular weight is 393 g/mol. The molecule has 0 aliphatic carbocycles. The molecule has 0 aromatic heterocycles. The zero-order chi connectivity index (χ0) is 17.2. The van der Waals surface area contributed by atoms with E-state index in [1.165, 1.54) is 0 Å². The first-order valence-corrected chi connectivity index (χ1v) is 9.01. The van der Waals surface area contributed by atoms with Crippen molar-refractivity contribution < 1.29 is 19.0 Å². The minimum absolute atomic E-state index is 0.326. The van der Waals surface area contributed by atoms with Gasteiger partial charge in [0, 0.05) is 11.8 Å². The Kier molecular flexibility index (Phi) is 7.62. The summed E-state index contributed by atoms with van der Waals surface area (Å²) in [6.45, 7) is 2.72. The van der Waals surface area contributed by atoms with Crippen LogP contribution in [-0.2, 0) is 16.0 Å². The number of hydrogen-bond acceptors (Lipinski definition) is 4. The molecule has 0 spiro atoms. The smallest absolute Gasteiger partial charge is 0.347 e. The summed E-state index contributed by atoms with van der Waals surface area (Å²) in [5, 5.41) is 0.782. The molecule has 0 heterocycles. The molecule has 2 aromatic carbocycles. The van der Waals surface area contributed by atoms with E-state index in [1.54, 1.807) is 6.92 Å². The highest BCUT2D eigenvalue weighted by atomic mass is 79.9. The van der Waals surface area contributed by atoms with Crippen molar-refractivity contribution in [3.63, 3.8) is 0 Å². The van der Waals surface area contributed by atoms with Crippen LogP contribution in [0.1, 0.15) is 12.5 Å². The molecular formula is C19H21BrO4. The first-order chi connectivity index (χ1) is 11.7. The second-order valence-corrected chi connectivity index (χ2v) is 5.85. The van der Waals surface area contributed by atoms with Gasteiger partial charge in [0.05, 0.1) is 13.2 Å². The second kappa shape index (κ2) is 9.98. The third-order valence-electron chi connectivity index (χ3n) is 3.26. The molecule has 24 heavy (non-hydrogen) atoms. The highest BCUT2D eigenvalue weighted by Crippen LogP contribution is 2.17. The quantitative estimate of drug-likeness (QED) is 0.477. The number of alkyl halides is 1. The summed E-state index contributed by atoms with van der Waals surface area (Å²) >= 11 is 3.32. The van der Waals surface area contributed by atoms with Gasteiger partial charge in [-0.05, 0) is 36.8 Å². The number of para-hydroxylation sites is 1. The molecule has 0 N–H and O–H groups in total. The first-order valence-electron chi connectivity index (χ1n) is 7.89. The number of halogens is 1. The number of benzene rings is 2. The molecule has 0 bridgehead atoms. The van der Waals surface area contributed by atoms with Crippen molar-refractivity contribution in [2.24, 2.45) is 0 Å². The standard InChI is InChI=1S/C19H21BrO4/c1-2-22-19(21)18(24-17-6-4-3-5-7-17)14-15-8-10-16(11-9-15)23-13-12-20/h3-11,18H,2,12-14H2,1H3. The van der Waals surface area contributed by atoms with Crippen molar-refractivity contribution in [2.75, 3.05) is 18.5 Å². The van der Waals surface area contributed by atoms with Gasteiger partial charge in [0.2, 0.25) is 0 Å². The van der Waals surface area contributed by atoms with Crippen LogP contribution in [0.3, 0.4) is 0 Å². The Labute approximate surface area is 150 Å². The molecular weight excluding hydrogens is 372 g/mol. The van der Waals surface area contributed by atoms with Crippen molar-refractivity contribution in [2.45, 2.75) is 19.4 Å². The fourth-order valence-corrected chi connectivity index (χ4v) is 2.33. The van der Waals surface area contributed by atoms with Gasteiger partial charge < -0.3 is 14.2 Å². The molecule has 0 aliphatic heterocycles. The SMILES string of the molecule is CCOC(=O)C(Cc1ccc(OCCBr)cc1)Oc1ccccc1. The lowest BCUT2D eigenvalue weighted by molar-refractivity contribution is -0.151. The molecule has 0 radical (unpaired) electrons. The maximum atomic E-state index is 12.2. The van der Waals surface area contributed by atoms with Crippen LogP contribution in [0, 0.1) is 0 Å². The topological polar surface area (TPSA) is 44.8 Å². The van der Waals surface area contributed by atoms with Gasteiger partial charge in [-0.2, -0.15) is 0 Å². The van der Waals surface area contributed by atoms with Crippen LogP contribution in [0.2, 0.25) is 0 Å². The summed E-state index contributed by atoms with van der Waals surface area (Å²) in [7, 11) is 0. The Morgan fingerprint density at radius 3 is 2.38 bits per heavy atom. The molecule has 128 valence electrons. The molecule has 1 unspecified atom stereocenters. The first kappa shape index (κ1) is 18.3. The van der Waals surface area contributed by atoms with Gasteiger partial charge in [-0.3, -0.25) is 0 Å². The molecule has 2 rings (SSSR count). The third-order valence-corrected chi connectivity index (χ3v) is 3.59. The average Bonchev–Trinajstić information content (AvgIpc) is 2.61. The maximum absolute atomic E-state index is 12.2. The largest absolute Gasteiger partial charge is 0.493 e. The summed E-state index contributed by atoms with van der Waals surface area (Å²) in [6, 6.07) is 16.9. The molecule has 0 saturated carbocycles. The van der Waals surface area contributed by atoms with Crippen LogP contribution in [0.15, 0.2) is 54.6 Å². The Morgan fingerprint density at radius 1 is 1.04 bits per heavy atom. The lowest BCUT2D eigenvalue weighted by Crippen LogP contribution is -2.31. The van der Waals surface area contributed by atoms with Crippen LogP contribution in [-0.4, -0.2) is 30.6 Å². The Bertz CT molecular complexity index is 613. The molecule has 0 saturated heterocycles. The third kappa shape index (κ3) is 5.89. The number of esters is 1. The maximum Gasteiger partial charge on any atom is 0.347 e. The van der Waals surface area contributed by atoms with Gasteiger partial charge in [0.15, 0.2) is 6.10 Å². The lowest BCUT2D eigenvalue weighted by atomic mass is 10.1. The fraction of sp³-hybridized carbons (Fsp3) is 0.316. The van der Waals surface area contributed by atoms with Crippen LogP contribution in [0.4, 0.5) is 0 Å². The summed E-state index contributed by atoms with van der Waals surface area (Å²) in [5.41, 5.74) is 0.982. The molecule has 0 fully saturated rings. The summed E-state index contributed by atoms with van der Waals surface area (Å²) in [5.74, 6) is 1.09. The van der Waals surface area contributed by atoms with Crippen molar-refractivity contribution >= 4 is 21.9 Å². The summed E-state index contributed by atoms with van der Waals surface area (Å²) < 4.78 is 16.5. The zero-order valence-electron chi connectivity index (χ0n) is 13.6. The molecule has 2 aromatic rings. The number of carbonyl (C=O) groups is 1. The minimum atomic E-state index is -0.679. The van der Waals surface area contributed by atoms with Crippen LogP contribution in [0.25, 0.3) is 0 Å². The Morgan fingerprint density at radius 2 is 1.75 bits per heavy atom. The van der Waals surface area contributed by atoms with Gasteiger partial charge in [0.25, 0.3) is 0 Å². The van der Waals surface area contributed by atoms with Crippen molar-refractivity contribution in [1.29, 1.82) is 0 Å².